The molecule has 0 fully saturated rings. The molecule has 4 unspecified atom stereocenters. The average molecular weight is 234 g/mol. The van der Waals surface area contributed by atoms with Crippen LogP contribution in [0.1, 0.15) is 76.4 Å². The summed E-state index contributed by atoms with van der Waals surface area (Å²) in [6, 6.07) is 0.530. The molecule has 0 saturated carbocycles. The van der Waals surface area contributed by atoms with Gasteiger partial charge in [-0.2, -0.15) is 5.10 Å². The van der Waals surface area contributed by atoms with E-state index in [4.69, 9.17) is 5.10 Å². The topological polar surface area (TPSA) is 17.8 Å². The van der Waals surface area contributed by atoms with Crippen molar-refractivity contribution in [3.8, 4) is 0 Å². The molecule has 0 amide bonds. The number of aromatic nitrogens is 2. The molecule has 17 heavy (non-hydrogen) atoms. The molecule has 0 aliphatic carbocycles. The van der Waals surface area contributed by atoms with Crippen LogP contribution in [-0.2, 0) is 0 Å². The molecule has 0 aromatic carbocycles. The van der Waals surface area contributed by atoms with E-state index in [1.54, 1.807) is 0 Å². The second-order valence-corrected chi connectivity index (χ2v) is 6.23. The Morgan fingerprint density at radius 1 is 1.06 bits per heavy atom. The van der Waals surface area contributed by atoms with Gasteiger partial charge in [0.25, 0.3) is 0 Å². The summed E-state index contributed by atoms with van der Waals surface area (Å²) in [5.41, 5.74) is 4.22. The van der Waals surface area contributed by atoms with Gasteiger partial charge in [0.15, 0.2) is 0 Å². The van der Waals surface area contributed by atoms with E-state index in [1.807, 2.05) is 0 Å². The van der Waals surface area contributed by atoms with Gasteiger partial charge in [-0.15, -0.1) is 0 Å². The zero-order valence-electron chi connectivity index (χ0n) is 12.3. The second kappa shape index (κ2) is 4.15. The molecule has 2 nitrogen and oxygen atoms in total. The number of nitrogens with zero attached hydrogens (tertiary/aromatic N) is 2. The molecular formula is C15H26N2. The first-order valence-corrected chi connectivity index (χ1v) is 6.95. The predicted molar refractivity (Wildman–Crippen MR) is 72.5 cm³/mol. The summed E-state index contributed by atoms with van der Waals surface area (Å²) in [5.74, 6) is 2.65. The Morgan fingerprint density at radius 2 is 1.65 bits per heavy atom. The van der Waals surface area contributed by atoms with Crippen LogP contribution in [0.3, 0.4) is 0 Å². The first-order valence-electron chi connectivity index (χ1n) is 6.95. The van der Waals surface area contributed by atoms with Crippen molar-refractivity contribution in [1.29, 1.82) is 0 Å². The van der Waals surface area contributed by atoms with Gasteiger partial charge in [0.05, 0.1) is 11.7 Å². The smallest absolute Gasteiger partial charge is 0.0631 e. The Kier molecular flexibility index (Phi) is 3.09. The molecule has 0 radical (unpaired) electrons. The third-order valence-corrected chi connectivity index (χ3v) is 4.94. The molecule has 1 aromatic rings. The summed E-state index contributed by atoms with van der Waals surface area (Å²) in [5, 5.41) is 4.81. The summed E-state index contributed by atoms with van der Waals surface area (Å²) < 4.78 is 2.31. The van der Waals surface area contributed by atoms with Crippen LogP contribution in [0.4, 0.5) is 0 Å². The first kappa shape index (κ1) is 12.7. The van der Waals surface area contributed by atoms with Crippen molar-refractivity contribution < 1.29 is 0 Å². The van der Waals surface area contributed by atoms with Crippen LogP contribution in [0, 0.1) is 18.8 Å². The van der Waals surface area contributed by atoms with Crippen LogP contribution < -0.4 is 0 Å². The zero-order chi connectivity index (χ0) is 12.9. The van der Waals surface area contributed by atoms with Crippen molar-refractivity contribution in [3.05, 3.63) is 17.0 Å². The van der Waals surface area contributed by atoms with Crippen molar-refractivity contribution in [2.45, 2.75) is 66.3 Å². The second-order valence-electron chi connectivity index (χ2n) is 6.23. The zero-order valence-corrected chi connectivity index (χ0v) is 12.3. The van der Waals surface area contributed by atoms with E-state index in [-0.39, 0.29) is 0 Å². The van der Waals surface area contributed by atoms with E-state index < -0.39 is 0 Å². The quantitative estimate of drug-likeness (QED) is 0.709. The maximum atomic E-state index is 4.81. The maximum absolute atomic E-state index is 4.81. The van der Waals surface area contributed by atoms with Gasteiger partial charge in [-0.25, -0.2) is 0 Å². The lowest BCUT2D eigenvalue weighted by molar-refractivity contribution is 0.189. The summed E-state index contributed by atoms with van der Waals surface area (Å²) in [4.78, 5) is 0. The van der Waals surface area contributed by atoms with Gasteiger partial charge in [0.2, 0.25) is 0 Å². The van der Waals surface area contributed by atoms with Gasteiger partial charge in [-0.1, -0.05) is 34.6 Å². The number of hydrogen-bond acceptors (Lipinski definition) is 1. The van der Waals surface area contributed by atoms with Gasteiger partial charge in [0.1, 0.15) is 0 Å². The molecule has 1 aromatic heterocycles. The molecule has 0 saturated heterocycles. The minimum Gasteiger partial charge on any atom is -0.266 e. The van der Waals surface area contributed by atoms with Gasteiger partial charge >= 0.3 is 0 Å². The highest BCUT2D eigenvalue weighted by Crippen LogP contribution is 2.44. The van der Waals surface area contributed by atoms with Crippen molar-refractivity contribution >= 4 is 0 Å². The van der Waals surface area contributed by atoms with Crippen molar-refractivity contribution in [1.82, 2.24) is 9.78 Å². The van der Waals surface area contributed by atoms with Gasteiger partial charge in [-0.3, -0.25) is 4.68 Å². The molecule has 2 rings (SSSR count). The van der Waals surface area contributed by atoms with Crippen LogP contribution >= 0.6 is 0 Å². The number of hydrogen-bond donors (Lipinski definition) is 0. The summed E-state index contributed by atoms with van der Waals surface area (Å²) in [7, 11) is 0. The van der Waals surface area contributed by atoms with Crippen molar-refractivity contribution in [3.63, 3.8) is 0 Å². The summed E-state index contributed by atoms with van der Waals surface area (Å²) >= 11 is 0. The van der Waals surface area contributed by atoms with Crippen LogP contribution in [0.15, 0.2) is 0 Å². The van der Waals surface area contributed by atoms with Crippen LogP contribution in [-0.4, -0.2) is 9.78 Å². The van der Waals surface area contributed by atoms with Crippen LogP contribution in [0.5, 0.6) is 0 Å². The Bertz CT molecular complexity index is 417. The fourth-order valence-electron chi connectivity index (χ4n) is 3.42. The molecule has 1 aliphatic heterocycles. The SMILES string of the molecule is Cc1nn2c(c1C(C)C)C(C)C(C)C(C)C2C. The van der Waals surface area contributed by atoms with E-state index in [0.29, 0.717) is 23.8 Å². The Balaban J connectivity index is 2.62. The lowest BCUT2D eigenvalue weighted by Gasteiger charge is -2.38. The molecule has 2 heteroatoms. The summed E-state index contributed by atoms with van der Waals surface area (Å²) in [6.45, 7) is 16.2. The van der Waals surface area contributed by atoms with E-state index in [2.05, 4.69) is 53.1 Å². The number of rotatable bonds is 1. The maximum Gasteiger partial charge on any atom is 0.0631 e. The third kappa shape index (κ3) is 1.73. The molecule has 1 aliphatic rings. The van der Waals surface area contributed by atoms with Crippen molar-refractivity contribution in [2.24, 2.45) is 11.8 Å². The van der Waals surface area contributed by atoms with Crippen LogP contribution in [0.2, 0.25) is 0 Å². The predicted octanol–water partition coefficient (Wildman–Crippen LogP) is 4.27. The van der Waals surface area contributed by atoms with Gasteiger partial charge in [-0.05, 0) is 37.2 Å². The highest BCUT2D eigenvalue weighted by Gasteiger charge is 2.37. The van der Waals surface area contributed by atoms with Gasteiger partial charge in [0, 0.05) is 11.6 Å². The van der Waals surface area contributed by atoms with E-state index >= 15 is 0 Å². The standard InChI is InChI=1S/C15H26N2/c1-8(2)14-12(6)16-17-13(7)10(4)9(3)11(5)15(14)17/h8-11,13H,1-7H3. The van der Waals surface area contributed by atoms with E-state index in [1.165, 1.54) is 17.0 Å². The average Bonchev–Trinajstić information content (AvgIpc) is 2.61. The minimum absolute atomic E-state index is 0.530. The molecule has 96 valence electrons. The van der Waals surface area contributed by atoms with Crippen LogP contribution in [0.25, 0.3) is 0 Å². The van der Waals surface area contributed by atoms with E-state index in [0.717, 1.165) is 5.92 Å². The molecule has 2 heterocycles. The number of aryl methyl sites for hydroxylation is 1. The highest BCUT2D eigenvalue weighted by molar-refractivity contribution is 5.33. The first-order chi connectivity index (χ1) is 7.86. The normalized spacial score (nSPS) is 32.9. The summed E-state index contributed by atoms with van der Waals surface area (Å²) in [6.07, 6.45) is 0. The Labute approximate surface area is 105 Å². The molecule has 0 bridgehead atoms. The van der Waals surface area contributed by atoms with E-state index in [9.17, 15) is 0 Å². The Morgan fingerprint density at radius 3 is 2.18 bits per heavy atom. The monoisotopic (exact) mass is 234 g/mol. The lowest BCUT2D eigenvalue weighted by atomic mass is 9.75. The van der Waals surface area contributed by atoms with Gasteiger partial charge < -0.3 is 0 Å². The number of fused-ring (bicyclic) bond motifs is 1. The molecule has 4 atom stereocenters. The molecule has 0 N–H and O–H groups in total. The molecular weight excluding hydrogens is 208 g/mol. The third-order valence-electron chi connectivity index (χ3n) is 4.94. The largest absolute Gasteiger partial charge is 0.266 e. The fraction of sp³-hybridized carbons (Fsp3) is 0.800. The highest BCUT2D eigenvalue weighted by atomic mass is 15.3. The fourth-order valence-corrected chi connectivity index (χ4v) is 3.42. The van der Waals surface area contributed by atoms with Crippen molar-refractivity contribution in [2.75, 3.05) is 0 Å². The Hall–Kier alpha value is -0.790. The lowest BCUT2D eigenvalue weighted by Crippen LogP contribution is -2.32. The molecule has 0 spiro atoms. The minimum atomic E-state index is 0.530.